The molecular weight excluding hydrogens is 712 g/mol. The largest absolute Gasteiger partial charge is 3.00 e. The Balaban J connectivity index is -0.000000169. The van der Waals surface area contributed by atoms with Crippen LogP contribution in [0.5, 0.6) is 0 Å². The molecule has 0 aliphatic heterocycles. The second-order valence-corrected chi connectivity index (χ2v) is 11.9. The first-order valence-electron chi connectivity index (χ1n) is 17.9. The van der Waals surface area contributed by atoms with Crippen LogP contribution >= 0.6 is 0 Å². The van der Waals surface area contributed by atoms with Gasteiger partial charge < -0.3 is 35.2 Å². The van der Waals surface area contributed by atoms with Gasteiger partial charge in [0.25, 0.3) is 0 Å². The van der Waals surface area contributed by atoms with Gasteiger partial charge in [-0.2, -0.15) is 0 Å². The van der Waals surface area contributed by atoms with Gasteiger partial charge in [0.1, 0.15) is 0 Å². The number of hydrogen-bond acceptors (Lipinski definition) is 6. The van der Waals surface area contributed by atoms with E-state index in [-0.39, 0.29) is 62.0 Å². The molecule has 0 saturated heterocycles. The molecule has 0 spiro atoms. The molecule has 0 aromatic carbocycles. The summed E-state index contributed by atoms with van der Waals surface area (Å²) in [5.74, 6) is -2.73. The molecule has 0 heterocycles. The van der Waals surface area contributed by atoms with Gasteiger partial charge in [-0.05, 0) is 38.5 Å². The Morgan fingerprint density at radius 1 is 0.318 bits per heavy atom. The number of hydrogen-bond donors (Lipinski definition) is 0. The Bertz CT molecular complexity index is 483. The summed E-state index contributed by atoms with van der Waals surface area (Å²) < 4.78 is 0. The minimum Gasteiger partial charge on any atom is -0.550 e. The summed E-state index contributed by atoms with van der Waals surface area (Å²) in [6.07, 6.45) is 33.5. The van der Waals surface area contributed by atoms with E-state index in [0.717, 1.165) is 38.5 Å². The smallest absolute Gasteiger partial charge is 0.550 e. The van der Waals surface area contributed by atoms with E-state index >= 15 is 0 Å². The van der Waals surface area contributed by atoms with Crippen molar-refractivity contribution >= 4 is 17.9 Å². The molecule has 0 saturated carbocycles. The van der Waals surface area contributed by atoms with Crippen LogP contribution in [0.15, 0.2) is 0 Å². The first-order chi connectivity index (χ1) is 20.3. The SMILES string of the molecule is CCCCCCCCCCCC(=O)[O-].CCCCCCCCCCCC(=O)[O-].CCCCCCCCCCCC(=O)[O-].O.[Er+3]. The zero-order valence-electron chi connectivity index (χ0n) is 29.0. The first kappa shape index (κ1) is 53.1. The Morgan fingerprint density at radius 3 is 0.591 bits per heavy atom. The maximum atomic E-state index is 10.1. The molecule has 0 bridgehead atoms. The van der Waals surface area contributed by atoms with Crippen molar-refractivity contribution in [2.24, 2.45) is 0 Å². The van der Waals surface area contributed by atoms with E-state index < -0.39 is 17.9 Å². The normalized spacial score (nSPS) is 9.89. The van der Waals surface area contributed by atoms with E-state index in [4.69, 9.17) is 0 Å². The van der Waals surface area contributed by atoms with Gasteiger partial charge in [0.15, 0.2) is 0 Å². The first-order valence-corrected chi connectivity index (χ1v) is 17.9. The molecule has 269 valence electrons. The number of carboxylic acids is 3. The van der Waals surface area contributed by atoms with Crippen LogP contribution in [0.3, 0.4) is 0 Å². The van der Waals surface area contributed by atoms with Crippen LogP contribution in [-0.4, -0.2) is 23.4 Å². The molecule has 0 aliphatic rings. The molecule has 0 aliphatic carbocycles. The van der Waals surface area contributed by atoms with Gasteiger partial charge in [-0.15, -0.1) is 0 Å². The Labute approximate surface area is 302 Å². The molecule has 8 heteroatoms. The molecule has 0 aromatic rings. The van der Waals surface area contributed by atoms with E-state index in [1.54, 1.807) is 0 Å². The van der Waals surface area contributed by atoms with Gasteiger partial charge in [-0.3, -0.25) is 0 Å². The second kappa shape index (κ2) is 49.5. The van der Waals surface area contributed by atoms with Gasteiger partial charge in [0, 0.05) is 17.9 Å². The van der Waals surface area contributed by atoms with Crippen LogP contribution in [0.2, 0.25) is 0 Å². The van der Waals surface area contributed by atoms with Gasteiger partial charge in [0.05, 0.1) is 0 Å². The van der Waals surface area contributed by atoms with Crippen molar-refractivity contribution in [2.75, 3.05) is 0 Å². The third-order valence-electron chi connectivity index (χ3n) is 7.45. The van der Waals surface area contributed by atoms with Crippen molar-refractivity contribution in [3.8, 4) is 0 Å². The molecule has 0 rings (SSSR count). The van der Waals surface area contributed by atoms with Gasteiger partial charge >= 0.3 is 37.3 Å². The second-order valence-electron chi connectivity index (χ2n) is 11.9. The van der Waals surface area contributed by atoms with Gasteiger partial charge in [-0.25, -0.2) is 0 Å². The van der Waals surface area contributed by atoms with Crippen LogP contribution in [0.4, 0.5) is 0 Å². The third-order valence-corrected chi connectivity index (χ3v) is 7.45. The summed E-state index contributed by atoms with van der Waals surface area (Å²) >= 11 is 0. The molecule has 0 fully saturated rings. The molecule has 2 N–H and O–H groups in total. The minimum atomic E-state index is -0.909. The number of carboxylic acid groups (broad SMARTS) is 3. The van der Waals surface area contributed by atoms with E-state index in [1.807, 2.05) is 0 Å². The summed E-state index contributed by atoms with van der Waals surface area (Å²) in [5, 5.41) is 30.3. The zero-order valence-corrected chi connectivity index (χ0v) is 30.8. The third kappa shape index (κ3) is 64.5. The van der Waals surface area contributed by atoms with Crippen molar-refractivity contribution in [3.63, 3.8) is 0 Å². The van der Waals surface area contributed by atoms with Crippen molar-refractivity contribution < 1.29 is 72.5 Å². The van der Waals surface area contributed by atoms with Crippen molar-refractivity contribution in [2.45, 2.75) is 213 Å². The van der Waals surface area contributed by atoms with Crippen molar-refractivity contribution in [3.05, 3.63) is 0 Å². The maximum Gasteiger partial charge on any atom is 3.00 e. The number of carbonyl (C=O) groups is 3. The van der Waals surface area contributed by atoms with E-state index in [2.05, 4.69) is 20.8 Å². The fraction of sp³-hybridized carbons (Fsp3) is 0.917. The fourth-order valence-electron chi connectivity index (χ4n) is 4.74. The van der Waals surface area contributed by atoms with E-state index in [1.165, 1.54) is 135 Å². The number of rotatable bonds is 30. The molecule has 7 nitrogen and oxygen atoms in total. The van der Waals surface area contributed by atoms with E-state index in [0.29, 0.717) is 0 Å². The minimum absolute atomic E-state index is 0. The standard InChI is InChI=1S/3C12H24O2.Er.H2O/c3*1-2-3-4-5-6-7-8-9-10-11-12(13)14;;/h3*2-11H2,1H3,(H,13,14);;1H2/q;;;+3;/p-3. The number of carbonyl (C=O) groups excluding carboxylic acids is 3. The summed E-state index contributed by atoms with van der Waals surface area (Å²) in [6, 6.07) is 0. The Morgan fingerprint density at radius 2 is 0.455 bits per heavy atom. The number of aliphatic carboxylic acids is 3. The summed E-state index contributed by atoms with van der Waals surface area (Å²) in [7, 11) is 0. The predicted octanol–water partition coefficient (Wildman–Crippen LogP) is 7.15. The summed E-state index contributed by atoms with van der Waals surface area (Å²) in [5.41, 5.74) is 0. The predicted molar refractivity (Wildman–Crippen MR) is 174 cm³/mol. The van der Waals surface area contributed by atoms with Crippen LogP contribution < -0.4 is 15.3 Å². The van der Waals surface area contributed by atoms with Crippen LogP contribution in [0.1, 0.15) is 213 Å². The molecule has 0 atom stereocenters. The summed E-state index contributed by atoms with van der Waals surface area (Å²) in [4.78, 5) is 30.3. The Kier molecular flexibility index (Phi) is 59.8. The van der Waals surface area contributed by atoms with Crippen molar-refractivity contribution in [1.29, 1.82) is 0 Å². The van der Waals surface area contributed by atoms with Crippen LogP contribution in [0, 0.1) is 37.3 Å². The van der Waals surface area contributed by atoms with Gasteiger partial charge in [0.2, 0.25) is 0 Å². The molecule has 0 aromatic heterocycles. The van der Waals surface area contributed by atoms with Gasteiger partial charge in [-0.1, -0.05) is 175 Å². The van der Waals surface area contributed by atoms with Crippen molar-refractivity contribution in [1.82, 2.24) is 0 Å². The topological polar surface area (TPSA) is 152 Å². The molecule has 0 amide bonds. The molecular formula is C36H71ErO7. The van der Waals surface area contributed by atoms with Crippen LogP contribution in [-0.2, 0) is 14.4 Å². The summed E-state index contributed by atoms with van der Waals surface area (Å²) in [6.45, 7) is 6.67. The zero-order chi connectivity index (χ0) is 31.9. The molecule has 1 radical (unpaired) electrons. The average molecular weight is 783 g/mol. The Hall–Kier alpha value is -0.383. The number of unbranched alkanes of at least 4 members (excludes halogenated alkanes) is 24. The quantitative estimate of drug-likeness (QED) is 0.0707. The molecule has 0 unspecified atom stereocenters. The van der Waals surface area contributed by atoms with Crippen LogP contribution in [0.25, 0.3) is 0 Å². The average Bonchev–Trinajstić information content (AvgIpc) is 2.95. The maximum absolute atomic E-state index is 10.1. The monoisotopic (exact) mass is 781 g/mol. The van der Waals surface area contributed by atoms with E-state index in [9.17, 15) is 29.7 Å². The molecule has 44 heavy (non-hydrogen) atoms. The fourth-order valence-corrected chi connectivity index (χ4v) is 4.74.